The fourth-order valence-electron chi connectivity index (χ4n) is 6.05. The van der Waals surface area contributed by atoms with Crippen molar-refractivity contribution in [2.24, 2.45) is 0 Å². The summed E-state index contributed by atoms with van der Waals surface area (Å²) in [6.45, 7) is 4.68. The molecule has 0 aliphatic heterocycles. The van der Waals surface area contributed by atoms with Crippen LogP contribution in [0.15, 0.2) is 89.4 Å². The first-order valence-corrected chi connectivity index (χ1v) is 13.1. The Morgan fingerprint density at radius 2 is 1.60 bits per heavy atom. The number of allylic oxidation sites excluding steroid dienone is 2. The molecule has 0 radical (unpaired) electrons. The van der Waals surface area contributed by atoms with Crippen molar-refractivity contribution in [1.29, 1.82) is 0 Å². The quantitative estimate of drug-likeness (QED) is 0.227. The van der Waals surface area contributed by atoms with Crippen LogP contribution < -0.4 is 0 Å². The lowest BCUT2D eigenvalue weighted by Crippen LogP contribution is -2.16. The molecule has 0 fully saturated rings. The van der Waals surface area contributed by atoms with Crippen molar-refractivity contribution >= 4 is 53.8 Å². The largest absolute Gasteiger partial charge is 0.456 e. The number of furan rings is 1. The third kappa shape index (κ3) is 3.06. The van der Waals surface area contributed by atoms with Gasteiger partial charge in [-0.3, -0.25) is 0 Å². The number of rotatable bonds is 2. The molecule has 0 saturated heterocycles. The molecule has 0 spiro atoms. The first-order chi connectivity index (χ1) is 17.0. The number of aryl methyl sites for hydroxylation is 1. The summed E-state index contributed by atoms with van der Waals surface area (Å²) in [6, 6.07) is 28.9. The van der Waals surface area contributed by atoms with Gasteiger partial charge < -0.3 is 4.42 Å². The van der Waals surface area contributed by atoms with Crippen molar-refractivity contribution < 1.29 is 4.42 Å². The first-order valence-electron chi connectivity index (χ1n) is 12.3. The van der Waals surface area contributed by atoms with Crippen LogP contribution in [-0.4, -0.2) is 0 Å². The fraction of sp³-hybridized carbons (Fsp3) is 0.152. The molecule has 1 nitrogen and oxygen atoms in total. The normalized spacial score (nSPS) is 16.2. The monoisotopic (exact) mass is 516 g/mol. The summed E-state index contributed by atoms with van der Waals surface area (Å²) < 4.78 is 7.29. The van der Waals surface area contributed by atoms with Crippen molar-refractivity contribution in [3.05, 3.63) is 113 Å². The van der Waals surface area contributed by atoms with E-state index in [9.17, 15) is 0 Å². The van der Waals surface area contributed by atoms with E-state index in [1.54, 1.807) is 0 Å². The molecule has 5 aromatic rings. The zero-order valence-corrected chi connectivity index (χ0v) is 21.4. The average molecular weight is 517 g/mol. The van der Waals surface area contributed by atoms with E-state index in [2.05, 4.69) is 121 Å². The Morgan fingerprint density at radius 3 is 2.51 bits per heavy atom. The molecule has 2 aliphatic carbocycles. The van der Waals surface area contributed by atoms with Gasteiger partial charge in [0.1, 0.15) is 11.3 Å². The molecule has 35 heavy (non-hydrogen) atoms. The van der Waals surface area contributed by atoms with Gasteiger partial charge in [0.2, 0.25) is 0 Å². The minimum Gasteiger partial charge on any atom is -0.456 e. The van der Waals surface area contributed by atoms with Gasteiger partial charge >= 0.3 is 0 Å². The van der Waals surface area contributed by atoms with E-state index >= 15 is 0 Å². The van der Waals surface area contributed by atoms with Crippen molar-refractivity contribution in [2.45, 2.75) is 32.1 Å². The smallest absolute Gasteiger partial charge is 0.135 e. The topological polar surface area (TPSA) is 13.1 Å². The summed E-state index contributed by atoms with van der Waals surface area (Å²) in [5.74, 6) is 1.02. The van der Waals surface area contributed by atoms with Crippen LogP contribution in [0.25, 0.3) is 49.0 Å². The van der Waals surface area contributed by atoms with E-state index in [1.165, 1.54) is 59.6 Å². The molecular formula is C33H25BrO. The molecular weight excluding hydrogens is 492 g/mol. The highest BCUT2D eigenvalue weighted by Gasteiger charge is 2.38. The Labute approximate surface area is 213 Å². The Hall–Kier alpha value is -3.36. The highest BCUT2D eigenvalue weighted by Crippen LogP contribution is 2.54. The van der Waals surface area contributed by atoms with E-state index in [1.807, 2.05) is 0 Å². The van der Waals surface area contributed by atoms with E-state index in [4.69, 9.17) is 4.42 Å². The summed E-state index contributed by atoms with van der Waals surface area (Å²) in [7, 11) is 0. The standard InChI is InChI=1S/C33H25BrO/c1-33(2)28-16-14-21(22-15-17-30-26(18-22)24-11-5-6-13-29(24)35-30)19-27(28)32(34)31(33)25-12-7-9-20-8-3-4-10-23(20)25/h3-4,6-10,12-19H,5,11H2,1-2H3. The molecule has 0 atom stereocenters. The fourth-order valence-corrected chi connectivity index (χ4v) is 7.09. The van der Waals surface area contributed by atoms with Crippen molar-refractivity contribution in [2.75, 3.05) is 0 Å². The third-order valence-electron chi connectivity index (χ3n) is 7.82. The second kappa shape index (κ2) is 7.57. The Balaban J connectivity index is 1.39. The second-order valence-electron chi connectivity index (χ2n) is 10.2. The summed E-state index contributed by atoms with van der Waals surface area (Å²) in [5.41, 5.74) is 9.99. The van der Waals surface area contributed by atoms with Crippen LogP contribution in [0.3, 0.4) is 0 Å². The van der Waals surface area contributed by atoms with Gasteiger partial charge in [0.05, 0.1) is 0 Å². The number of hydrogen-bond donors (Lipinski definition) is 0. The van der Waals surface area contributed by atoms with Gasteiger partial charge in [-0.25, -0.2) is 0 Å². The van der Waals surface area contributed by atoms with Gasteiger partial charge in [0.15, 0.2) is 0 Å². The van der Waals surface area contributed by atoms with Gasteiger partial charge in [0.25, 0.3) is 0 Å². The Morgan fingerprint density at radius 1 is 0.800 bits per heavy atom. The number of benzene rings is 4. The molecule has 1 aromatic heterocycles. The second-order valence-corrected chi connectivity index (χ2v) is 11.0. The maximum absolute atomic E-state index is 6.10. The maximum Gasteiger partial charge on any atom is 0.135 e. The third-order valence-corrected chi connectivity index (χ3v) is 8.64. The Bertz CT molecular complexity index is 1720. The van der Waals surface area contributed by atoms with Gasteiger partial charge in [-0.15, -0.1) is 0 Å². The SMILES string of the molecule is CC1(C)C(c2cccc3ccccc23)=C(Br)c2cc(-c3ccc4oc5c(c4c3)CCC=C5)ccc21. The lowest BCUT2D eigenvalue weighted by molar-refractivity contribution is 0.595. The number of halogens is 1. The van der Waals surface area contributed by atoms with Crippen LogP contribution >= 0.6 is 15.9 Å². The minimum absolute atomic E-state index is 0.100. The summed E-state index contributed by atoms with van der Waals surface area (Å²) in [6.07, 6.45) is 6.44. The summed E-state index contributed by atoms with van der Waals surface area (Å²) in [4.78, 5) is 0. The minimum atomic E-state index is -0.100. The molecule has 170 valence electrons. The predicted octanol–water partition coefficient (Wildman–Crippen LogP) is 9.77. The molecule has 0 saturated carbocycles. The molecule has 4 aromatic carbocycles. The zero-order valence-electron chi connectivity index (χ0n) is 19.9. The van der Waals surface area contributed by atoms with Gasteiger partial charge in [-0.05, 0) is 97.2 Å². The van der Waals surface area contributed by atoms with E-state index in [0.29, 0.717) is 0 Å². The van der Waals surface area contributed by atoms with Crippen LogP contribution in [0.4, 0.5) is 0 Å². The highest BCUT2D eigenvalue weighted by atomic mass is 79.9. The van der Waals surface area contributed by atoms with Crippen LogP contribution in [0.1, 0.15) is 48.3 Å². The van der Waals surface area contributed by atoms with E-state index in [-0.39, 0.29) is 5.41 Å². The summed E-state index contributed by atoms with van der Waals surface area (Å²) >= 11 is 4.05. The molecule has 1 heterocycles. The highest BCUT2D eigenvalue weighted by molar-refractivity contribution is 9.15. The van der Waals surface area contributed by atoms with Gasteiger partial charge in [-0.1, -0.05) is 80.6 Å². The van der Waals surface area contributed by atoms with Gasteiger partial charge in [-0.2, -0.15) is 0 Å². The van der Waals surface area contributed by atoms with Crippen LogP contribution in [0.2, 0.25) is 0 Å². The maximum atomic E-state index is 6.10. The molecule has 0 N–H and O–H groups in total. The number of fused-ring (bicyclic) bond motifs is 5. The lowest BCUT2D eigenvalue weighted by Gasteiger charge is -2.26. The van der Waals surface area contributed by atoms with Crippen molar-refractivity contribution in [1.82, 2.24) is 0 Å². The Kier molecular flexibility index (Phi) is 4.53. The lowest BCUT2D eigenvalue weighted by atomic mass is 9.77. The molecule has 0 amide bonds. The molecule has 0 bridgehead atoms. The van der Waals surface area contributed by atoms with E-state index in [0.717, 1.165) is 24.2 Å². The van der Waals surface area contributed by atoms with Crippen LogP contribution in [-0.2, 0) is 11.8 Å². The van der Waals surface area contributed by atoms with Crippen molar-refractivity contribution in [3.63, 3.8) is 0 Å². The molecule has 0 unspecified atom stereocenters. The summed E-state index contributed by atoms with van der Waals surface area (Å²) in [5, 5.41) is 3.82. The van der Waals surface area contributed by atoms with Crippen LogP contribution in [0.5, 0.6) is 0 Å². The van der Waals surface area contributed by atoms with Gasteiger partial charge in [0, 0.05) is 20.8 Å². The zero-order chi connectivity index (χ0) is 23.7. The average Bonchev–Trinajstić information content (AvgIpc) is 3.35. The van der Waals surface area contributed by atoms with E-state index < -0.39 is 0 Å². The molecule has 7 rings (SSSR count). The molecule has 2 aliphatic rings. The predicted molar refractivity (Wildman–Crippen MR) is 152 cm³/mol. The van der Waals surface area contributed by atoms with Crippen LogP contribution in [0, 0.1) is 0 Å². The first kappa shape index (κ1) is 21.0. The number of hydrogen-bond acceptors (Lipinski definition) is 1. The molecule has 2 heteroatoms. The van der Waals surface area contributed by atoms with Crippen molar-refractivity contribution in [3.8, 4) is 11.1 Å².